The van der Waals surface area contributed by atoms with Crippen LogP contribution in [0.1, 0.15) is 32.6 Å². The summed E-state index contributed by atoms with van der Waals surface area (Å²) in [5, 5.41) is 16.4. The summed E-state index contributed by atoms with van der Waals surface area (Å²) in [6, 6.07) is 28.8. The monoisotopic (exact) mass is 504 g/mol. The predicted molar refractivity (Wildman–Crippen MR) is 143 cm³/mol. The number of carbonyl (C=O) groups excluding carboxylic acids is 1. The van der Waals surface area contributed by atoms with Crippen LogP contribution in [0.4, 0.5) is 5.69 Å². The number of amides is 1. The van der Waals surface area contributed by atoms with Crippen LogP contribution in [-0.2, 0) is 12.1 Å². The molecule has 0 fully saturated rings. The maximum atomic E-state index is 13.5. The molecule has 0 saturated heterocycles. The first-order chi connectivity index (χ1) is 16.8. The third-order valence-electron chi connectivity index (χ3n) is 5.81. The zero-order valence-corrected chi connectivity index (χ0v) is 21.0. The minimum atomic E-state index is -1.72. The van der Waals surface area contributed by atoms with E-state index in [1.807, 2.05) is 61.5 Å². The predicted octanol–water partition coefficient (Wildman–Crippen LogP) is 6.59. The summed E-state index contributed by atoms with van der Waals surface area (Å²) in [4.78, 5) is 15.5. The molecule has 4 aromatic rings. The summed E-state index contributed by atoms with van der Waals surface area (Å²) in [7, 11) is 3.93. The molecule has 0 saturated carbocycles. The van der Waals surface area contributed by atoms with Gasteiger partial charge in [-0.2, -0.15) is 0 Å². The van der Waals surface area contributed by atoms with Gasteiger partial charge in [0.25, 0.3) is 5.91 Å². The molecule has 1 atom stereocenters. The van der Waals surface area contributed by atoms with E-state index in [-0.39, 0.29) is 16.5 Å². The van der Waals surface area contributed by atoms with Crippen LogP contribution in [-0.4, -0.2) is 30.0 Å². The second-order valence-electron chi connectivity index (χ2n) is 8.59. The number of para-hydroxylation sites is 1. The van der Waals surface area contributed by atoms with Crippen LogP contribution < -0.4 is 5.32 Å². The molecule has 0 aliphatic heterocycles. The van der Waals surface area contributed by atoms with Gasteiger partial charge in [-0.25, -0.2) is 0 Å². The van der Waals surface area contributed by atoms with Crippen LogP contribution >= 0.6 is 23.2 Å². The second kappa shape index (κ2) is 10.6. The van der Waals surface area contributed by atoms with E-state index in [0.29, 0.717) is 33.9 Å². The minimum absolute atomic E-state index is 0.276. The Balaban J connectivity index is 1.97. The van der Waals surface area contributed by atoms with Crippen molar-refractivity contribution in [1.29, 1.82) is 0 Å². The molecule has 0 aromatic heterocycles. The van der Waals surface area contributed by atoms with Crippen LogP contribution in [0.15, 0.2) is 97.1 Å². The number of hydrogen-bond acceptors (Lipinski definition) is 3. The Labute approximate surface area is 215 Å². The van der Waals surface area contributed by atoms with Gasteiger partial charge >= 0.3 is 0 Å². The SMILES string of the molecule is CN(C)Cc1ccccc1C(O)(c1ccc(Cl)cc1)c1c(Cl)cccc1C(=O)Nc1ccccc1. The maximum Gasteiger partial charge on any atom is 0.256 e. The van der Waals surface area contributed by atoms with Gasteiger partial charge in [0.05, 0.1) is 0 Å². The first kappa shape index (κ1) is 25.0. The molecule has 6 heteroatoms. The normalized spacial score (nSPS) is 12.9. The second-order valence-corrected chi connectivity index (χ2v) is 9.44. The number of anilines is 1. The fourth-order valence-electron chi connectivity index (χ4n) is 4.28. The van der Waals surface area contributed by atoms with Gasteiger partial charge in [-0.1, -0.05) is 83.9 Å². The first-order valence-electron chi connectivity index (χ1n) is 11.2. The van der Waals surface area contributed by atoms with Crippen molar-refractivity contribution in [2.75, 3.05) is 19.4 Å². The molecule has 35 heavy (non-hydrogen) atoms. The van der Waals surface area contributed by atoms with Crippen LogP contribution in [0.3, 0.4) is 0 Å². The summed E-state index contributed by atoms with van der Waals surface area (Å²) in [5.41, 5.74) is 1.60. The molecule has 0 spiro atoms. The lowest BCUT2D eigenvalue weighted by molar-refractivity contribution is 0.0994. The number of halogens is 2. The number of rotatable bonds is 7. The lowest BCUT2D eigenvalue weighted by Gasteiger charge is -2.34. The molecule has 0 radical (unpaired) electrons. The zero-order valence-electron chi connectivity index (χ0n) is 19.5. The van der Waals surface area contributed by atoms with Crippen molar-refractivity contribution in [3.8, 4) is 0 Å². The average Bonchev–Trinajstić information content (AvgIpc) is 2.84. The Morgan fingerprint density at radius 3 is 2.20 bits per heavy atom. The molecule has 0 aliphatic rings. The maximum absolute atomic E-state index is 13.5. The van der Waals surface area contributed by atoms with E-state index in [1.165, 1.54) is 0 Å². The smallest absolute Gasteiger partial charge is 0.256 e. The van der Waals surface area contributed by atoms with E-state index in [2.05, 4.69) is 5.32 Å². The molecule has 0 bridgehead atoms. The summed E-state index contributed by atoms with van der Waals surface area (Å²) < 4.78 is 0. The fraction of sp³-hybridized carbons (Fsp3) is 0.138. The van der Waals surface area contributed by atoms with E-state index < -0.39 is 5.60 Å². The highest BCUT2D eigenvalue weighted by Gasteiger charge is 2.40. The van der Waals surface area contributed by atoms with Gasteiger partial charge in [0.15, 0.2) is 0 Å². The largest absolute Gasteiger partial charge is 0.376 e. The highest BCUT2D eigenvalue weighted by molar-refractivity contribution is 6.32. The van der Waals surface area contributed by atoms with Gasteiger partial charge in [-0.3, -0.25) is 4.79 Å². The van der Waals surface area contributed by atoms with Gasteiger partial charge in [-0.05, 0) is 67.2 Å². The molecule has 4 rings (SSSR count). The number of hydrogen-bond donors (Lipinski definition) is 2. The molecular formula is C29H26Cl2N2O2. The quantitative estimate of drug-likeness (QED) is 0.279. The topological polar surface area (TPSA) is 52.6 Å². The third kappa shape index (κ3) is 5.26. The average molecular weight is 505 g/mol. The first-order valence-corrected chi connectivity index (χ1v) is 11.9. The van der Waals surface area contributed by atoms with Crippen LogP contribution in [0.2, 0.25) is 10.0 Å². The third-order valence-corrected chi connectivity index (χ3v) is 6.37. The van der Waals surface area contributed by atoms with Gasteiger partial charge in [0.2, 0.25) is 0 Å². The van der Waals surface area contributed by atoms with Crippen LogP contribution in [0, 0.1) is 0 Å². The molecule has 4 nitrogen and oxygen atoms in total. The molecule has 1 amide bonds. The summed E-state index contributed by atoms with van der Waals surface area (Å²) in [6.07, 6.45) is 0. The molecule has 0 aliphatic carbocycles. The number of aliphatic hydroxyl groups is 1. The molecule has 2 N–H and O–H groups in total. The number of nitrogens with zero attached hydrogens (tertiary/aromatic N) is 1. The summed E-state index contributed by atoms with van der Waals surface area (Å²) in [6.45, 7) is 0.585. The molecular weight excluding hydrogens is 479 g/mol. The Kier molecular flexibility index (Phi) is 7.58. The number of carbonyl (C=O) groups is 1. The number of benzene rings is 4. The van der Waals surface area contributed by atoms with E-state index in [1.54, 1.807) is 54.6 Å². The van der Waals surface area contributed by atoms with E-state index in [4.69, 9.17) is 23.2 Å². The van der Waals surface area contributed by atoms with E-state index >= 15 is 0 Å². The van der Waals surface area contributed by atoms with Crippen molar-refractivity contribution in [2.45, 2.75) is 12.1 Å². The highest BCUT2D eigenvalue weighted by atomic mass is 35.5. The number of nitrogens with one attached hydrogen (secondary N) is 1. The van der Waals surface area contributed by atoms with Crippen LogP contribution in [0.5, 0.6) is 0 Å². The van der Waals surface area contributed by atoms with Crippen molar-refractivity contribution in [3.05, 3.63) is 135 Å². The Morgan fingerprint density at radius 1 is 0.857 bits per heavy atom. The standard InChI is InChI=1S/C29H26Cl2N2O2/c1-33(2)19-20-9-6-7-13-25(20)29(35,21-15-17-22(30)18-16-21)27-24(12-8-14-26(27)31)28(34)32-23-10-4-3-5-11-23/h3-18,35H,19H2,1-2H3,(H,32,34). The van der Waals surface area contributed by atoms with Crippen LogP contribution in [0.25, 0.3) is 0 Å². The van der Waals surface area contributed by atoms with Crippen molar-refractivity contribution >= 4 is 34.8 Å². The van der Waals surface area contributed by atoms with Gasteiger partial charge < -0.3 is 15.3 Å². The van der Waals surface area contributed by atoms with Gasteiger partial charge in [-0.15, -0.1) is 0 Å². The lowest BCUT2D eigenvalue weighted by Crippen LogP contribution is -2.34. The molecule has 1 unspecified atom stereocenters. The van der Waals surface area contributed by atoms with Crippen molar-refractivity contribution < 1.29 is 9.90 Å². The summed E-state index contributed by atoms with van der Waals surface area (Å²) >= 11 is 13.0. The Bertz CT molecular complexity index is 1320. The Morgan fingerprint density at radius 2 is 1.51 bits per heavy atom. The van der Waals surface area contributed by atoms with Gasteiger partial charge in [0, 0.05) is 33.4 Å². The van der Waals surface area contributed by atoms with Crippen molar-refractivity contribution in [2.24, 2.45) is 0 Å². The van der Waals surface area contributed by atoms with Crippen molar-refractivity contribution in [1.82, 2.24) is 4.90 Å². The van der Waals surface area contributed by atoms with E-state index in [9.17, 15) is 9.90 Å². The lowest BCUT2D eigenvalue weighted by atomic mass is 9.76. The zero-order chi connectivity index (χ0) is 25.0. The fourth-order valence-corrected chi connectivity index (χ4v) is 4.72. The Hall–Kier alpha value is -3.15. The van der Waals surface area contributed by atoms with Gasteiger partial charge in [0.1, 0.15) is 5.60 Å². The minimum Gasteiger partial charge on any atom is -0.376 e. The van der Waals surface area contributed by atoms with E-state index in [0.717, 1.165) is 5.56 Å². The molecule has 4 aromatic carbocycles. The molecule has 0 heterocycles. The van der Waals surface area contributed by atoms with Crippen molar-refractivity contribution in [3.63, 3.8) is 0 Å². The summed E-state index contributed by atoms with van der Waals surface area (Å²) in [5.74, 6) is -0.369. The highest BCUT2D eigenvalue weighted by Crippen LogP contribution is 2.43. The molecule has 178 valence electrons.